The molecule has 0 atom stereocenters. The summed E-state index contributed by atoms with van der Waals surface area (Å²) in [6.45, 7) is 0. The Morgan fingerprint density at radius 3 is 2.67 bits per heavy atom. The highest BCUT2D eigenvalue weighted by atomic mass is 19.1. The molecule has 1 aliphatic rings. The third-order valence-corrected chi connectivity index (χ3v) is 3.25. The second-order valence-corrected chi connectivity index (χ2v) is 4.50. The standard InChI is InChI=1S/C14H17FO3/c1-17-12(16)8-6-10-5-7-11(15)14(18-2)13(10)9-3-4-9/h5,7,9H,3-4,6,8H2,1-2H3. The summed E-state index contributed by atoms with van der Waals surface area (Å²) in [7, 11) is 2.85. The zero-order valence-corrected chi connectivity index (χ0v) is 10.7. The van der Waals surface area contributed by atoms with E-state index in [1.54, 1.807) is 6.07 Å². The van der Waals surface area contributed by atoms with E-state index in [4.69, 9.17) is 4.74 Å². The largest absolute Gasteiger partial charge is 0.493 e. The molecule has 1 aromatic carbocycles. The summed E-state index contributed by atoms with van der Waals surface area (Å²) in [5.74, 6) is 0.129. The van der Waals surface area contributed by atoms with E-state index in [0.29, 0.717) is 24.5 Å². The summed E-state index contributed by atoms with van der Waals surface area (Å²) in [5.41, 5.74) is 1.92. The maximum absolute atomic E-state index is 13.7. The maximum Gasteiger partial charge on any atom is 0.305 e. The van der Waals surface area contributed by atoms with Crippen molar-refractivity contribution in [1.29, 1.82) is 0 Å². The Morgan fingerprint density at radius 2 is 2.11 bits per heavy atom. The van der Waals surface area contributed by atoms with Gasteiger partial charge in [0.2, 0.25) is 0 Å². The van der Waals surface area contributed by atoms with Crippen LogP contribution in [-0.2, 0) is 16.0 Å². The number of benzene rings is 1. The first-order chi connectivity index (χ1) is 8.67. The van der Waals surface area contributed by atoms with Crippen LogP contribution in [-0.4, -0.2) is 20.2 Å². The predicted octanol–water partition coefficient (Wildman–Crippen LogP) is 2.82. The molecule has 0 saturated heterocycles. The van der Waals surface area contributed by atoms with Crippen molar-refractivity contribution in [2.24, 2.45) is 0 Å². The molecule has 0 radical (unpaired) electrons. The minimum Gasteiger partial charge on any atom is -0.493 e. The summed E-state index contributed by atoms with van der Waals surface area (Å²) in [5, 5.41) is 0. The highest BCUT2D eigenvalue weighted by Gasteiger charge is 2.30. The smallest absolute Gasteiger partial charge is 0.305 e. The van der Waals surface area contributed by atoms with Crippen LogP contribution in [0.3, 0.4) is 0 Å². The molecule has 0 spiro atoms. The lowest BCUT2D eigenvalue weighted by Gasteiger charge is -2.14. The van der Waals surface area contributed by atoms with Crippen LogP contribution in [0.4, 0.5) is 4.39 Å². The van der Waals surface area contributed by atoms with Gasteiger partial charge in [-0.05, 0) is 36.8 Å². The van der Waals surface area contributed by atoms with Gasteiger partial charge in [-0.25, -0.2) is 4.39 Å². The molecule has 0 unspecified atom stereocenters. The van der Waals surface area contributed by atoms with Gasteiger partial charge in [0.25, 0.3) is 0 Å². The molecular formula is C14H17FO3. The number of methoxy groups -OCH3 is 2. The Bertz CT molecular complexity index is 453. The van der Waals surface area contributed by atoms with Crippen LogP contribution < -0.4 is 4.74 Å². The summed E-state index contributed by atoms with van der Waals surface area (Å²) in [6.07, 6.45) is 3.00. The second-order valence-electron chi connectivity index (χ2n) is 4.50. The van der Waals surface area contributed by atoms with Gasteiger partial charge in [0.05, 0.1) is 14.2 Å². The minimum atomic E-state index is -0.332. The van der Waals surface area contributed by atoms with Gasteiger partial charge in [0.15, 0.2) is 11.6 Å². The Labute approximate surface area is 106 Å². The Hall–Kier alpha value is -1.58. The van der Waals surface area contributed by atoms with Crippen molar-refractivity contribution in [3.8, 4) is 5.75 Å². The summed E-state index contributed by atoms with van der Waals surface area (Å²) in [6, 6.07) is 3.14. The first-order valence-electron chi connectivity index (χ1n) is 6.09. The van der Waals surface area contributed by atoms with Gasteiger partial charge < -0.3 is 9.47 Å². The van der Waals surface area contributed by atoms with Gasteiger partial charge in [-0.15, -0.1) is 0 Å². The fourth-order valence-corrected chi connectivity index (χ4v) is 2.20. The highest BCUT2D eigenvalue weighted by Crippen LogP contribution is 2.47. The summed E-state index contributed by atoms with van der Waals surface area (Å²) < 4.78 is 23.5. The van der Waals surface area contributed by atoms with Gasteiger partial charge in [-0.1, -0.05) is 6.07 Å². The molecule has 0 bridgehead atoms. The van der Waals surface area contributed by atoms with E-state index in [1.807, 2.05) is 0 Å². The van der Waals surface area contributed by atoms with E-state index in [0.717, 1.165) is 24.0 Å². The van der Waals surface area contributed by atoms with Crippen molar-refractivity contribution in [1.82, 2.24) is 0 Å². The molecule has 18 heavy (non-hydrogen) atoms. The van der Waals surface area contributed by atoms with Gasteiger partial charge in [0.1, 0.15) is 0 Å². The van der Waals surface area contributed by atoms with E-state index >= 15 is 0 Å². The van der Waals surface area contributed by atoms with E-state index in [2.05, 4.69) is 4.74 Å². The summed E-state index contributed by atoms with van der Waals surface area (Å²) in [4.78, 5) is 11.2. The molecule has 0 aromatic heterocycles. The Balaban J connectivity index is 2.26. The fourth-order valence-electron chi connectivity index (χ4n) is 2.20. The van der Waals surface area contributed by atoms with Crippen molar-refractivity contribution in [2.75, 3.05) is 14.2 Å². The topological polar surface area (TPSA) is 35.5 Å². The molecule has 0 heterocycles. The van der Waals surface area contributed by atoms with E-state index < -0.39 is 0 Å². The van der Waals surface area contributed by atoms with Crippen molar-refractivity contribution >= 4 is 5.97 Å². The van der Waals surface area contributed by atoms with Crippen LogP contribution in [0.25, 0.3) is 0 Å². The number of rotatable bonds is 5. The molecular weight excluding hydrogens is 235 g/mol. The molecule has 2 rings (SSSR count). The zero-order valence-electron chi connectivity index (χ0n) is 10.7. The van der Waals surface area contributed by atoms with Crippen LogP contribution in [0.2, 0.25) is 0 Å². The van der Waals surface area contributed by atoms with E-state index in [-0.39, 0.29) is 11.8 Å². The van der Waals surface area contributed by atoms with Crippen LogP contribution in [0.15, 0.2) is 12.1 Å². The second kappa shape index (κ2) is 5.38. The van der Waals surface area contributed by atoms with Crippen LogP contribution in [0.5, 0.6) is 5.75 Å². The number of carbonyl (C=O) groups excluding carboxylic acids is 1. The van der Waals surface area contributed by atoms with Crippen LogP contribution in [0.1, 0.15) is 36.3 Å². The number of hydrogen-bond donors (Lipinski definition) is 0. The number of ether oxygens (including phenoxy) is 2. The van der Waals surface area contributed by atoms with E-state index in [1.165, 1.54) is 20.3 Å². The lowest BCUT2D eigenvalue weighted by molar-refractivity contribution is -0.140. The fraction of sp³-hybridized carbons (Fsp3) is 0.500. The third-order valence-electron chi connectivity index (χ3n) is 3.25. The molecule has 1 aliphatic carbocycles. The van der Waals surface area contributed by atoms with Crippen molar-refractivity contribution in [3.63, 3.8) is 0 Å². The van der Waals surface area contributed by atoms with Gasteiger partial charge in [-0.3, -0.25) is 4.79 Å². The van der Waals surface area contributed by atoms with Crippen molar-refractivity contribution in [3.05, 3.63) is 29.1 Å². The predicted molar refractivity (Wildman–Crippen MR) is 65.3 cm³/mol. The lowest BCUT2D eigenvalue weighted by atomic mass is 9.98. The van der Waals surface area contributed by atoms with E-state index in [9.17, 15) is 9.18 Å². The minimum absolute atomic E-state index is 0.250. The number of hydrogen-bond acceptors (Lipinski definition) is 3. The maximum atomic E-state index is 13.7. The van der Waals surface area contributed by atoms with Gasteiger partial charge in [0, 0.05) is 12.0 Å². The zero-order chi connectivity index (χ0) is 13.1. The quantitative estimate of drug-likeness (QED) is 0.756. The molecule has 3 nitrogen and oxygen atoms in total. The molecule has 1 saturated carbocycles. The Kier molecular flexibility index (Phi) is 3.84. The SMILES string of the molecule is COC(=O)CCc1ccc(F)c(OC)c1C1CC1. The first-order valence-corrected chi connectivity index (χ1v) is 6.09. The molecule has 0 N–H and O–H groups in total. The average molecular weight is 252 g/mol. The van der Waals surface area contributed by atoms with Crippen LogP contribution in [0, 0.1) is 5.82 Å². The third kappa shape index (κ3) is 2.63. The monoisotopic (exact) mass is 252 g/mol. The average Bonchev–Trinajstić information content (AvgIpc) is 3.20. The number of aryl methyl sites for hydroxylation is 1. The van der Waals surface area contributed by atoms with Crippen molar-refractivity contribution in [2.45, 2.75) is 31.6 Å². The first kappa shape index (κ1) is 12.9. The number of halogens is 1. The molecule has 4 heteroatoms. The highest BCUT2D eigenvalue weighted by molar-refractivity contribution is 5.69. The molecule has 0 amide bonds. The molecule has 1 fully saturated rings. The summed E-state index contributed by atoms with van der Waals surface area (Å²) >= 11 is 0. The Morgan fingerprint density at radius 1 is 1.39 bits per heavy atom. The normalized spacial score (nSPS) is 14.4. The molecule has 1 aromatic rings. The molecule has 98 valence electrons. The number of carbonyl (C=O) groups is 1. The van der Waals surface area contributed by atoms with Crippen molar-refractivity contribution < 1.29 is 18.7 Å². The van der Waals surface area contributed by atoms with Gasteiger partial charge in [-0.2, -0.15) is 0 Å². The lowest BCUT2D eigenvalue weighted by Crippen LogP contribution is -2.05. The van der Waals surface area contributed by atoms with Gasteiger partial charge >= 0.3 is 5.97 Å². The van der Waals surface area contributed by atoms with Crippen LogP contribution >= 0.6 is 0 Å². The number of esters is 1. The molecule has 0 aliphatic heterocycles.